The number of hydrogen-bond acceptors (Lipinski definition) is 4. The Balaban J connectivity index is 2.22. The van der Waals surface area contributed by atoms with Crippen molar-refractivity contribution >= 4 is 15.7 Å². The molecule has 1 fully saturated rings. The third-order valence-electron chi connectivity index (χ3n) is 2.84. The Labute approximate surface area is 103 Å². The van der Waals surface area contributed by atoms with Gasteiger partial charge < -0.3 is 10.6 Å². The molecule has 2 N–H and O–H groups in total. The van der Waals surface area contributed by atoms with Crippen LogP contribution in [-0.4, -0.2) is 45.0 Å². The summed E-state index contributed by atoms with van der Waals surface area (Å²) in [5, 5.41) is 5.89. The molecule has 5 nitrogen and oxygen atoms in total. The largest absolute Gasteiger partial charge is 0.356 e. The van der Waals surface area contributed by atoms with E-state index in [4.69, 9.17) is 0 Å². The maximum Gasteiger partial charge on any atom is 0.221 e. The third-order valence-corrected chi connectivity index (χ3v) is 4.57. The lowest BCUT2D eigenvalue weighted by molar-refractivity contribution is -0.121. The smallest absolute Gasteiger partial charge is 0.221 e. The van der Waals surface area contributed by atoms with Crippen LogP contribution in [0.5, 0.6) is 0 Å². The third kappa shape index (κ3) is 6.02. The predicted octanol–water partition coefficient (Wildman–Crippen LogP) is 0.0695. The van der Waals surface area contributed by atoms with Crippen molar-refractivity contribution in [2.24, 2.45) is 0 Å². The molecule has 1 aliphatic heterocycles. The highest BCUT2D eigenvalue weighted by atomic mass is 32.2. The molecule has 0 aromatic rings. The average molecular weight is 262 g/mol. The van der Waals surface area contributed by atoms with Crippen LogP contribution in [0.15, 0.2) is 0 Å². The minimum absolute atomic E-state index is 0.0595. The zero-order valence-electron chi connectivity index (χ0n) is 10.4. The Morgan fingerprint density at radius 2 is 2.18 bits per heavy atom. The van der Waals surface area contributed by atoms with Crippen molar-refractivity contribution in [3.63, 3.8) is 0 Å². The molecule has 1 unspecified atom stereocenters. The van der Waals surface area contributed by atoms with Gasteiger partial charge in [-0.25, -0.2) is 8.42 Å². The van der Waals surface area contributed by atoms with Crippen LogP contribution in [-0.2, 0) is 14.6 Å². The van der Waals surface area contributed by atoms with E-state index in [1.807, 2.05) is 0 Å². The summed E-state index contributed by atoms with van der Waals surface area (Å²) >= 11 is 0. The summed E-state index contributed by atoms with van der Waals surface area (Å²) in [5.41, 5.74) is 0. The highest BCUT2D eigenvalue weighted by Crippen LogP contribution is 2.04. The molecule has 1 aliphatic rings. The van der Waals surface area contributed by atoms with E-state index in [9.17, 15) is 13.2 Å². The molecule has 0 spiro atoms. The summed E-state index contributed by atoms with van der Waals surface area (Å²) in [4.78, 5) is 11.5. The van der Waals surface area contributed by atoms with E-state index in [1.165, 1.54) is 0 Å². The fourth-order valence-electron chi connectivity index (χ4n) is 1.90. The maximum absolute atomic E-state index is 11.5. The molecule has 0 aliphatic carbocycles. The molecule has 1 atom stereocenters. The molecule has 0 aromatic heterocycles. The first kappa shape index (κ1) is 14.4. The summed E-state index contributed by atoms with van der Waals surface area (Å²) < 4.78 is 22.7. The number of sulfone groups is 1. The van der Waals surface area contributed by atoms with Crippen LogP contribution in [0.25, 0.3) is 0 Å². The van der Waals surface area contributed by atoms with E-state index in [0.29, 0.717) is 13.1 Å². The normalized spacial score (nSPS) is 23.2. The van der Waals surface area contributed by atoms with Crippen molar-refractivity contribution < 1.29 is 13.2 Å². The molecule has 6 heteroatoms. The molecular formula is C11H22N2O3S. The Hall–Kier alpha value is -0.620. The molecule has 1 amide bonds. The SMILES string of the molecule is CCCCCNC(=O)CC1CS(=O)(=O)CCN1. The predicted molar refractivity (Wildman–Crippen MR) is 67.6 cm³/mol. The highest BCUT2D eigenvalue weighted by molar-refractivity contribution is 7.91. The number of hydrogen-bond donors (Lipinski definition) is 2. The number of unbranched alkanes of at least 4 members (excludes halogenated alkanes) is 2. The van der Waals surface area contributed by atoms with Crippen LogP contribution in [0.3, 0.4) is 0 Å². The van der Waals surface area contributed by atoms with Gasteiger partial charge in [0.05, 0.1) is 11.5 Å². The van der Waals surface area contributed by atoms with Crippen LogP contribution in [0.1, 0.15) is 32.6 Å². The van der Waals surface area contributed by atoms with Crippen molar-refractivity contribution in [2.45, 2.75) is 38.6 Å². The van der Waals surface area contributed by atoms with Gasteiger partial charge in [0.25, 0.3) is 0 Å². The molecule has 0 radical (unpaired) electrons. The molecule has 0 bridgehead atoms. The molecule has 0 aromatic carbocycles. The second kappa shape index (κ2) is 6.96. The minimum atomic E-state index is -2.95. The molecule has 1 heterocycles. The van der Waals surface area contributed by atoms with Crippen molar-refractivity contribution in [3.05, 3.63) is 0 Å². The first-order chi connectivity index (χ1) is 8.03. The Morgan fingerprint density at radius 3 is 2.82 bits per heavy atom. The molecule has 0 saturated carbocycles. The van der Waals surface area contributed by atoms with Crippen molar-refractivity contribution in [2.75, 3.05) is 24.6 Å². The Kier molecular flexibility index (Phi) is 5.91. The summed E-state index contributed by atoms with van der Waals surface area (Å²) in [7, 11) is -2.95. The number of nitrogens with one attached hydrogen (secondary N) is 2. The van der Waals surface area contributed by atoms with Crippen LogP contribution >= 0.6 is 0 Å². The van der Waals surface area contributed by atoms with Crippen molar-refractivity contribution in [1.82, 2.24) is 10.6 Å². The van der Waals surface area contributed by atoms with Crippen LogP contribution in [0.2, 0.25) is 0 Å². The lowest BCUT2D eigenvalue weighted by atomic mass is 10.2. The van der Waals surface area contributed by atoms with Crippen LogP contribution in [0.4, 0.5) is 0 Å². The van der Waals surface area contributed by atoms with E-state index in [-0.39, 0.29) is 29.9 Å². The fourth-order valence-corrected chi connectivity index (χ4v) is 3.34. The van der Waals surface area contributed by atoms with Gasteiger partial charge in [-0.05, 0) is 6.42 Å². The van der Waals surface area contributed by atoms with Gasteiger partial charge >= 0.3 is 0 Å². The lowest BCUT2D eigenvalue weighted by Gasteiger charge is -2.23. The lowest BCUT2D eigenvalue weighted by Crippen LogP contribution is -2.47. The van der Waals surface area contributed by atoms with Gasteiger partial charge in [-0.1, -0.05) is 19.8 Å². The van der Waals surface area contributed by atoms with Gasteiger partial charge in [-0.3, -0.25) is 4.79 Å². The van der Waals surface area contributed by atoms with E-state index in [2.05, 4.69) is 17.6 Å². The first-order valence-corrected chi connectivity index (χ1v) is 8.06. The van der Waals surface area contributed by atoms with Crippen molar-refractivity contribution in [3.8, 4) is 0 Å². The zero-order chi connectivity index (χ0) is 12.7. The second-order valence-corrected chi connectivity index (χ2v) is 6.76. The quantitative estimate of drug-likeness (QED) is 0.664. The number of carbonyl (C=O) groups is 1. The first-order valence-electron chi connectivity index (χ1n) is 6.24. The maximum atomic E-state index is 11.5. The minimum Gasteiger partial charge on any atom is -0.356 e. The molecule has 17 heavy (non-hydrogen) atoms. The van der Waals surface area contributed by atoms with Crippen molar-refractivity contribution in [1.29, 1.82) is 0 Å². The van der Waals surface area contributed by atoms with Gasteiger partial charge in [0.15, 0.2) is 9.84 Å². The fraction of sp³-hybridized carbons (Fsp3) is 0.909. The van der Waals surface area contributed by atoms with E-state index in [1.54, 1.807) is 0 Å². The summed E-state index contributed by atoms with van der Waals surface area (Å²) in [6.07, 6.45) is 3.47. The summed E-state index contributed by atoms with van der Waals surface area (Å²) in [5.74, 6) is 0.201. The number of carbonyl (C=O) groups excluding carboxylic acids is 1. The van der Waals surface area contributed by atoms with Gasteiger partial charge in [0.1, 0.15) is 0 Å². The van der Waals surface area contributed by atoms with Crippen LogP contribution < -0.4 is 10.6 Å². The summed E-state index contributed by atoms with van der Waals surface area (Å²) in [6, 6.07) is -0.222. The molecule has 1 rings (SSSR count). The Morgan fingerprint density at radius 1 is 1.41 bits per heavy atom. The van der Waals surface area contributed by atoms with Crippen LogP contribution in [0, 0.1) is 0 Å². The van der Waals surface area contributed by atoms with Gasteiger partial charge in [-0.2, -0.15) is 0 Å². The Bertz CT molecular complexity index is 341. The monoisotopic (exact) mass is 262 g/mol. The van der Waals surface area contributed by atoms with E-state index in [0.717, 1.165) is 19.3 Å². The number of amides is 1. The molecule has 1 saturated heterocycles. The second-order valence-electron chi connectivity index (χ2n) is 4.53. The average Bonchev–Trinajstić information content (AvgIpc) is 2.23. The van der Waals surface area contributed by atoms with Gasteiger partial charge in [0, 0.05) is 25.6 Å². The standard InChI is InChI=1S/C11H22N2O3S/c1-2-3-4-5-13-11(14)8-10-9-17(15,16)7-6-12-10/h10,12H,2-9H2,1H3,(H,13,14). The van der Waals surface area contributed by atoms with E-state index >= 15 is 0 Å². The van der Waals surface area contributed by atoms with Gasteiger partial charge in [-0.15, -0.1) is 0 Å². The summed E-state index contributed by atoms with van der Waals surface area (Å²) in [6.45, 7) is 3.25. The number of rotatable bonds is 6. The molecule has 100 valence electrons. The molecular weight excluding hydrogens is 240 g/mol. The topological polar surface area (TPSA) is 75.3 Å². The van der Waals surface area contributed by atoms with E-state index < -0.39 is 9.84 Å². The zero-order valence-corrected chi connectivity index (χ0v) is 11.2. The van der Waals surface area contributed by atoms with Gasteiger partial charge in [0.2, 0.25) is 5.91 Å². The highest BCUT2D eigenvalue weighted by Gasteiger charge is 2.25.